The van der Waals surface area contributed by atoms with E-state index in [4.69, 9.17) is 27.5 Å². The van der Waals surface area contributed by atoms with Crippen molar-refractivity contribution < 1.29 is 14.3 Å². The molecule has 144 valence electrons. The maximum Gasteiger partial charge on any atom is 0.266 e. The van der Waals surface area contributed by atoms with E-state index < -0.39 is 0 Å². The Morgan fingerprint density at radius 1 is 1.37 bits per heavy atom. The summed E-state index contributed by atoms with van der Waals surface area (Å²) in [6.07, 6.45) is 7.01. The highest BCUT2D eigenvalue weighted by atomic mass is 35.5. The quantitative estimate of drug-likeness (QED) is 0.517. The second-order valence-corrected chi connectivity index (χ2v) is 7.83. The van der Waals surface area contributed by atoms with Gasteiger partial charge in [-0.05, 0) is 63.2 Å². The van der Waals surface area contributed by atoms with Crippen LogP contribution >= 0.6 is 23.4 Å². The highest BCUT2D eigenvalue weighted by Gasteiger charge is 2.35. The minimum absolute atomic E-state index is 0.0195. The predicted molar refractivity (Wildman–Crippen MR) is 112 cm³/mol. The van der Waals surface area contributed by atoms with E-state index in [9.17, 15) is 4.79 Å². The maximum absolute atomic E-state index is 12.8. The van der Waals surface area contributed by atoms with E-state index in [2.05, 4.69) is 10.9 Å². The number of nitrogens with zero attached hydrogens (tertiary/aromatic N) is 2. The van der Waals surface area contributed by atoms with Gasteiger partial charge in [-0.2, -0.15) is 0 Å². The first kappa shape index (κ1) is 21.2. The average Bonchev–Trinajstić information content (AvgIpc) is 2.88. The van der Waals surface area contributed by atoms with Crippen LogP contribution in [-0.2, 0) is 4.79 Å². The molecule has 0 aliphatic carbocycles. The third-order valence-electron chi connectivity index (χ3n) is 3.57. The van der Waals surface area contributed by atoms with Crippen LogP contribution in [0.25, 0.3) is 6.08 Å². The summed E-state index contributed by atoms with van der Waals surface area (Å²) in [5, 5.41) is 1.08. The van der Waals surface area contributed by atoms with E-state index >= 15 is 0 Å². The first-order valence-electron chi connectivity index (χ1n) is 8.53. The van der Waals surface area contributed by atoms with Gasteiger partial charge in [0.1, 0.15) is 6.61 Å². The summed E-state index contributed by atoms with van der Waals surface area (Å²) in [5.41, 5.74) is 0.732. The summed E-state index contributed by atoms with van der Waals surface area (Å²) in [6.45, 7) is 7.99. The molecule has 1 aliphatic heterocycles. The third-order valence-corrected chi connectivity index (χ3v) is 4.85. The molecule has 0 spiro atoms. The zero-order valence-corrected chi connectivity index (χ0v) is 17.6. The van der Waals surface area contributed by atoms with Crippen LogP contribution in [0.3, 0.4) is 0 Å². The SMILES string of the molecule is C#CCOc1c(Cl)cc(/C=C2/SC(=NC(C)C)N(C(C)C)C2=O)cc1OC. The molecule has 1 heterocycles. The van der Waals surface area contributed by atoms with E-state index in [1.807, 2.05) is 27.7 Å². The monoisotopic (exact) mass is 406 g/mol. The molecule has 1 aromatic carbocycles. The number of rotatable bonds is 6. The van der Waals surface area contributed by atoms with Gasteiger partial charge in [-0.15, -0.1) is 6.42 Å². The molecule has 0 atom stereocenters. The number of hydrogen-bond acceptors (Lipinski definition) is 5. The van der Waals surface area contributed by atoms with Crippen LogP contribution in [0.15, 0.2) is 22.0 Å². The van der Waals surface area contributed by atoms with Gasteiger partial charge < -0.3 is 9.47 Å². The molecule has 0 aromatic heterocycles. The molecule has 0 unspecified atom stereocenters. The van der Waals surface area contributed by atoms with Crippen molar-refractivity contribution in [2.75, 3.05) is 13.7 Å². The van der Waals surface area contributed by atoms with Gasteiger partial charge in [0.2, 0.25) is 0 Å². The number of methoxy groups -OCH3 is 1. The molecule has 2 rings (SSSR count). The highest BCUT2D eigenvalue weighted by molar-refractivity contribution is 8.18. The summed E-state index contributed by atoms with van der Waals surface area (Å²) in [4.78, 5) is 19.7. The zero-order valence-electron chi connectivity index (χ0n) is 16.1. The number of amides is 1. The summed E-state index contributed by atoms with van der Waals surface area (Å²) in [5.74, 6) is 3.16. The number of thioether (sulfide) groups is 1. The molecule has 1 amide bonds. The fraction of sp³-hybridized carbons (Fsp3) is 0.400. The molecule has 5 nitrogen and oxygen atoms in total. The summed E-state index contributed by atoms with van der Waals surface area (Å²) in [7, 11) is 1.52. The minimum atomic E-state index is -0.0721. The van der Waals surface area contributed by atoms with Crippen LogP contribution in [0.1, 0.15) is 33.3 Å². The zero-order chi connectivity index (χ0) is 20.1. The number of halogens is 1. The van der Waals surface area contributed by atoms with Gasteiger partial charge >= 0.3 is 0 Å². The van der Waals surface area contributed by atoms with Crippen LogP contribution in [-0.4, -0.2) is 41.8 Å². The molecule has 7 heteroatoms. The van der Waals surface area contributed by atoms with Crippen LogP contribution < -0.4 is 9.47 Å². The van der Waals surface area contributed by atoms with Crippen molar-refractivity contribution >= 4 is 40.5 Å². The van der Waals surface area contributed by atoms with Gasteiger partial charge in [0.15, 0.2) is 16.7 Å². The van der Waals surface area contributed by atoms with E-state index in [1.54, 1.807) is 23.1 Å². The predicted octanol–water partition coefficient (Wildman–Crippen LogP) is 4.45. The molecular weight excluding hydrogens is 384 g/mol. The molecule has 0 radical (unpaired) electrons. The van der Waals surface area contributed by atoms with Crippen molar-refractivity contribution in [2.45, 2.75) is 39.8 Å². The van der Waals surface area contributed by atoms with E-state index in [0.29, 0.717) is 26.6 Å². The van der Waals surface area contributed by atoms with Crippen LogP contribution in [0, 0.1) is 12.3 Å². The van der Waals surface area contributed by atoms with Gasteiger partial charge in [-0.3, -0.25) is 14.7 Å². The van der Waals surface area contributed by atoms with Gasteiger partial charge in [-0.1, -0.05) is 17.5 Å². The highest BCUT2D eigenvalue weighted by Crippen LogP contribution is 2.39. The second-order valence-electron chi connectivity index (χ2n) is 6.41. The lowest BCUT2D eigenvalue weighted by Crippen LogP contribution is -2.35. The number of carbonyl (C=O) groups is 1. The fourth-order valence-electron chi connectivity index (χ4n) is 2.48. The number of hydrogen-bond donors (Lipinski definition) is 0. The van der Waals surface area contributed by atoms with Crippen LogP contribution in [0.2, 0.25) is 5.02 Å². The second kappa shape index (κ2) is 9.20. The fourth-order valence-corrected chi connectivity index (χ4v) is 3.99. The first-order valence-corrected chi connectivity index (χ1v) is 9.72. The Balaban J connectivity index is 2.42. The molecular formula is C20H23ClN2O3S. The Morgan fingerprint density at radius 3 is 2.63 bits per heavy atom. The summed E-state index contributed by atoms with van der Waals surface area (Å²) >= 11 is 7.68. The Morgan fingerprint density at radius 2 is 2.07 bits per heavy atom. The van der Waals surface area contributed by atoms with Gasteiger partial charge in [0, 0.05) is 12.1 Å². The Bertz CT molecular complexity index is 825. The Hall–Kier alpha value is -2.10. The number of carbonyl (C=O) groups excluding carboxylic acids is 1. The topological polar surface area (TPSA) is 51.1 Å². The van der Waals surface area contributed by atoms with Crippen molar-refractivity contribution in [3.63, 3.8) is 0 Å². The lowest BCUT2D eigenvalue weighted by molar-refractivity contribution is -0.123. The van der Waals surface area contributed by atoms with Crippen molar-refractivity contribution in [1.29, 1.82) is 0 Å². The van der Waals surface area contributed by atoms with Gasteiger partial charge in [0.25, 0.3) is 5.91 Å². The molecule has 1 aliphatic rings. The maximum atomic E-state index is 12.8. The molecule has 0 saturated carbocycles. The normalized spacial score (nSPS) is 17.3. The number of terminal acetylenes is 1. The standard InChI is InChI=1S/C20H23ClN2O3S/c1-7-8-26-18-15(21)9-14(10-16(18)25-6)11-17-19(24)23(13(4)5)20(27-17)22-12(2)3/h1,9-13H,8H2,2-6H3/b17-11+,22-20?. The summed E-state index contributed by atoms with van der Waals surface area (Å²) in [6, 6.07) is 3.60. The van der Waals surface area contributed by atoms with Crippen molar-refractivity contribution in [3.05, 3.63) is 27.6 Å². The molecule has 1 saturated heterocycles. The Labute approximate surface area is 169 Å². The lowest BCUT2D eigenvalue weighted by Gasteiger charge is -2.20. The molecule has 0 bridgehead atoms. The number of aliphatic imine (C=N–C) groups is 1. The molecule has 1 fully saturated rings. The van der Waals surface area contributed by atoms with Gasteiger partial charge in [-0.25, -0.2) is 0 Å². The number of ether oxygens (including phenoxy) is 2. The van der Waals surface area contributed by atoms with Crippen LogP contribution in [0.4, 0.5) is 0 Å². The van der Waals surface area contributed by atoms with Crippen LogP contribution in [0.5, 0.6) is 11.5 Å². The lowest BCUT2D eigenvalue weighted by atomic mass is 10.1. The molecule has 1 aromatic rings. The van der Waals surface area contributed by atoms with E-state index in [1.165, 1.54) is 18.9 Å². The largest absolute Gasteiger partial charge is 0.493 e. The van der Waals surface area contributed by atoms with E-state index in [0.717, 1.165) is 5.56 Å². The molecule has 27 heavy (non-hydrogen) atoms. The summed E-state index contributed by atoms with van der Waals surface area (Å²) < 4.78 is 10.8. The number of benzene rings is 1. The van der Waals surface area contributed by atoms with Crippen molar-refractivity contribution in [2.24, 2.45) is 4.99 Å². The van der Waals surface area contributed by atoms with Crippen molar-refractivity contribution in [1.82, 2.24) is 4.90 Å². The smallest absolute Gasteiger partial charge is 0.266 e. The third kappa shape index (κ3) is 5.00. The average molecular weight is 407 g/mol. The van der Waals surface area contributed by atoms with E-state index in [-0.39, 0.29) is 24.6 Å². The minimum Gasteiger partial charge on any atom is -0.493 e. The molecule has 0 N–H and O–H groups in total. The van der Waals surface area contributed by atoms with Crippen molar-refractivity contribution in [3.8, 4) is 23.8 Å². The van der Waals surface area contributed by atoms with Gasteiger partial charge in [0.05, 0.1) is 17.0 Å². The number of amidine groups is 1. The first-order chi connectivity index (χ1) is 12.8. The Kier molecular flexibility index (Phi) is 7.23.